The second kappa shape index (κ2) is 10.2. The lowest BCUT2D eigenvalue weighted by Gasteiger charge is -2.35. The normalized spacial score (nSPS) is 18.8. The van der Waals surface area contributed by atoms with E-state index in [1.54, 1.807) is 13.3 Å². The van der Waals surface area contributed by atoms with E-state index in [1.807, 2.05) is 17.0 Å². The number of aromatic nitrogens is 3. The molecule has 0 radical (unpaired) electrons. The van der Waals surface area contributed by atoms with Crippen LogP contribution in [-0.4, -0.2) is 60.8 Å². The van der Waals surface area contributed by atoms with Gasteiger partial charge in [-0.2, -0.15) is 0 Å². The summed E-state index contributed by atoms with van der Waals surface area (Å²) < 4.78 is 11.1. The number of H-pyrrole nitrogens is 1. The Morgan fingerprint density at radius 2 is 1.92 bits per heavy atom. The van der Waals surface area contributed by atoms with Gasteiger partial charge in [-0.3, -0.25) is 4.79 Å². The zero-order valence-electron chi connectivity index (χ0n) is 21.7. The number of rotatable bonds is 4. The molecule has 2 fully saturated rings. The van der Waals surface area contributed by atoms with Gasteiger partial charge in [0.05, 0.1) is 18.5 Å². The number of benzene rings is 1. The fourth-order valence-corrected chi connectivity index (χ4v) is 5.98. The van der Waals surface area contributed by atoms with Crippen molar-refractivity contribution >= 4 is 17.4 Å². The van der Waals surface area contributed by atoms with Crippen LogP contribution in [0.2, 0.25) is 0 Å². The molecule has 3 aliphatic heterocycles. The molecule has 1 amide bonds. The fraction of sp³-hybridized carbons (Fsp3) is 0.483. The first-order chi connectivity index (χ1) is 18.1. The Bertz CT molecular complexity index is 1270. The second-order valence-electron chi connectivity index (χ2n) is 10.4. The zero-order chi connectivity index (χ0) is 25.4. The van der Waals surface area contributed by atoms with E-state index in [2.05, 4.69) is 40.0 Å². The van der Waals surface area contributed by atoms with Crippen molar-refractivity contribution in [3.63, 3.8) is 0 Å². The highest BCUT2D eigenvalue weighted by molar-refractivity contribution is 5.99. The third kappa shape index (κ3) is 4.59. The third-order valence-electron chi connectivity index (χ3n) is 8.07. The maximum absolute atomic E-state index is 13.9. The van der Waals surface area contributed by atoms with Gasteiger partial charge >= 0.3 is 0 Å². The molecule has 8 nitrogen and oxygen atoms in total. The molecule has 2 aromatic heterocycles. The Hall–Kier alpha value is -3.39. The molecule has 0 saturated carbocycles. The number of nitrogens with zero attached hydrogens (tertiary/aromatic N) is 4. The van der Waals surface area contributed by atoms with Crippen LogP contribution in [-0.2, 0) is 16.0 Å². The van der Waals surface area contributed by atoms with Crippen LogP contribution in [0.3, 0.4) is 0 Å². The molecule has 1 N–H and O–H groups in total. The van der Waals surface area contributed by atoms with E-state index in [-0.39, 0.29) is 11.8 Å². The van der Waals surface area contributed by atoms with Gasteiger partial charge in [0.25, 0.3) is 0 Å². The first-order valence-corrected chi connectivity index (χ1v) is 13.4. The average molecular weight is 502 g/mol. The molecular weight excluding hydrogens is 466 g/mol. The maximum atomic E-state index is 13.9. The number of amides is 1. The van der Waals surface area contributed by atoms with Gasteiger partial charge in [0.2, 0.25) is 5.91 Å². The molecule has 0 unspecified atom stereocenters. The minimum atomic E-state index is -0.0117. The molecule has 0 bridgehead atoms. The molecule has 37 heavy (non-hydrogen) atoms. The predicted octanol–water partition coefficient (Wildman–Crippen LogP) is 4.49. The van der Waals surface area contributed by atoms with Crippen molar-refractivity contribution in [2.75, 3.05) is 49.8 Å². The monoisotopic (exact) mass is 501 g/mol. The van der Waals surface area contributed by atoms with Crippen LogP contribution in [0, 0.1) is 12.8 Å². The lowest BCUT2D eigenvalue weighted by molar-refractivity contribution is -0.123. The zero-order valence-corrected chi connectivity index (χ0v) is 21.7. The van der Waals surface area contributed by atoms with Gasteiger partial charge in [0.1, 0.15) is 5.82 Å². The van der Waals surface area contributed by atoms with Crippen molar-refractivity contribution in [1.82, 2.24) is 15.0 Å². The summed E-state index contributed by atoms with van der Waals surface area (Å²) in [6.07, 6.45) is 6.17. The second-order valence-corrected chi connectivity index (χ2v) is 10.4. The van der Waals surface area contributed by atoms with Gasteiger partial charge in [-0.05, 0) is 56.9 Å². The van der Waals surface area contributed by atoms with Crippen molar-refractivity contribution in [2.45, 2.75) is 44.9 Å². The Kier molecular flexibility index (Phi) is 6.59. The summed E-state index contributed by atoms with van der Waals surface area (Å²) >= 11 is 0. The third-order valence-corrected chi connectivity index (χ3v) is 8.07. The number of ether oxygens (including phenoxy) is 2. The van der Waals surface area contributed by atoms with E-state index < -0.39 is 0 Å². The number of piperidine rings is 1. The Balaban J connectivity index is 1.23. The number of pyridine rings is 1. The summed E-state index contributed by atoms with van der Waals surface area (Å²) in [7, 11) is 1.67. The van der Waals surface area contributed by atoms with Gasteiger partial charge in [-0.1, -0.05) is 11.6 Å². The highest BCUT2D eigenvalue weighted by Crippen LogP contribution is 2.39. The predicted molar refractivity (Wildman–Crippen MR) is 143 cm³/mol. The average Bonchev–Trinajstić information content (AvgIpc) is 3.32. The van der Waals surface area contributed by atoms with E-state index in [0.717, 1.165) is 98.4 Å². The summed E-state index contributed by atoms with van der Waals surface area (Å²) in [6, 6.07) is 10.2. The Morgan fingerprint density at radius 1 is 1.11 bits per heavy atom. The molecule has 1 aromatic carbocycles. The topological polar surface area (TPSA) is 83.6 Å². The van der Waals surface area contributed by atoms with E-state index in [9.17, 15) is 4.79 Å². The standard InChI is InChI=1S/C29H35N5O3/c1-19-5-6-24-22(18-19)26-23(31-27(32-26)20-10-16-37-17-11-20)9-15-34(24)29(35)21-7-13-33(14-8-21)28-25(36-2)4-3-12-30-28/h3-6,12,18,20-21H,7-11,13-17H2,1-2H3,(H,31,32). The molecule has 8 heteroatoms. The summed E-state index contributed by atoms with van der Waals surface area (Å²) in [5.41, 5.74) is 5.36. The Morgan fingerprint density at radius 3 is 2.70 bits per heavy atom. The molecule has 3 aliphatic rings. The molecule has 2 saturated heterocycles. The number of aryl methyl sites for hydroxylation is 1. The number of fused-ring (bicyclic) bond motifs is 3. The molecule has 5 heterocycles. The van der Waals surface area contributed by atoms with E-state index >= 15 is 0 Å². The number of imidazole rings is 1. The minimum Gasteiger partial charge on any atom is -0.493 e. The molecule has 3 aromatic rings. The lowest BCUT2D eigenvalue weighted by Crippen LogP contribution is -2.43. The molecule has 6 rings (SSSR count). The summed E-state index contributed by atoms with van der Waals surface area (Å²) in [4.78, 5) is 31.5. The van der Waals surface area contributed by atoms with Crippen molar-refractivity contribution in [3.8, 4) is 17.0 Å². The summed E-state index contributed by atoms with van der Waals surface area (Å²) in [5, 5.41) is 0. The first kappa shape index (κ1) is 24.0. The quantitative estimate of drug-likeness (QED) is 0.567. The summed E-state index contributed by atoms with van der Waals surface area (Å²) in [6.45, 7) is 5.91. The molecule has 0 spiro atoms. The number of methoxy groups -OCH3 is 1. The minimum absolute atomic E-state index is 0.0117. The highest BCUT2D eigenvalue weighted by atomic mass is 16.5. The van der Waals surface area contributed by atoms with Crippen molar-refractivity contribution in [1.29, 1.82) is 0 Å². The number of nitrogens with one attached hydrogen (secondary N) is 1. The fourth-order valence-electron chi connectivity index (χ4n) is 5.98. The van der Waals surface area contributed by atoms with E-state index in [1.165, 1.54) is 5.56 Å². The van der Waals surface area contributed by atoms with Crippen molar-refractivity contribution in [2.24, 2.45) is 5.92 Å². The van der Waals surface area contributed by atoms with E-state index in [0.29, 0.717) is 12.5 Å². The van der Waals surface area contributed by atoms with Gasteiger partial charge in [0.15, 0.2) is 11.6 Å². The summed E-state index contributed by atoms with van der Waals surface area (Å²) in [5.74, 6) is 3.32. The molecular formula is C29H35N5O3. The lowest BCUT2D eigenvalue weighted by atomic mass is 9.94. The van der Waals surface area contributed by atoms with Crippen LogP contribution in [0.25, 0.3) is 11.3 Å². The van der Waals surface area contributed by atoms with E-state index in [4.69, 9.17) is 14.5 Å². The largest absolute Gasteiger partial charge is 0.493 e. The number of aromatic amines is 1. The first-order valence-electron chi connectivity index (χ1n) is 13.4. The van der Waals surface area contributed by atoms with Crippen LogP contribution in [0.4, 0.5) is 11.5 Å². The highest BCUT2D eigenvalue weighted by Gasteiger charge is 2.34. The van der Waals surface area contributed by atoms with Crippen LogP contribution in [0.5, 0.6) is 5.75 Å². The number of hydrogen-bond acceptors (Lipinski definition) is 6. The molecule has 0 atom stereocenters. The van der Waals surface area contributed by atoms with Gasteiger partial charge in [-0.15, -0.1) is 0 Å². The maximum Gasteiger partial charge on any atom is 0.230 e. The number of anilines is 2. The smallest absolute Gasteiger partial charge is 0.230 e. The van der Waals surface area contributed by atoms with Crippen molar-refractivity contribution in [3.05, 3.63) is 53.6 Å². The Labute approximate surface area is 218 Å². The van der Waals surface area contributed by atoms with Crippen LogP contribution in [0.1, 0.15) is 48.7 Å². The van der Waals surface area contributed by atoms with Crippen molar-refractivity contribution < 1.29 is 14.3 Å². The van der Waals surface area contributed by atoms with Gasteiger partial charge in [0, 0.05) is 68.6 Å². The van der Waals surface area contributed by atoms with Gasteiger partial charge in [-0.25, -0.2) is 9.97 Å². The molecule has 0 aliphatic carbocycles. The van der Waals surface area contributed by atoms with Crippen LogP contribution >= 0.6 is 0 Å². The molecule has 194 valence electrons. The number of carbonyl (C=O) groups is 1. The van der Waals surface area contributed by atoms with Crippen LogP contribution in [0.15, 0.2) is 36.5 Å². The SMILES string of the molecule is COc1cccnc1N1CCC(C(=O)N2CCc3[nH]c(C4CCOCC4)nc3-c3cc(C)ccc32)CC1. The van der Waals surface area contributed by atoms with Crippen LogP contribution < -0.4 is 14.5 Å². The van der Waals surface area contributed by atoms with Gasteiger partial charge < -0.3 is 24.3 Å². The number of carbonyl (C=O) groups excluding carboxylic acids is 1. The number of hydrogen-bond donors (Lipinski definition) is 1.